The van der Waals surface area contributed by atoms with Gasteiger partial charge in [-0.05, 0) is 18.4 Å². The number of aromatic nitrogens is 2. The highest BCUT2D eigenvalue weighted by atomic mass is 32.2. The van der Waals surface area contributed by atoms with E-state index in [1.54, 1.807) is 29.2 Å². The zero-order valence-corrected chi connectivity index (χ0v) is 16.0. The highest BCUT2D eigenvalue weighted by Gasteiger charge is 2.36. The van der Waals surface area contributed by atoms with Crippen molar-refractivity contribution in [1.82, 2.24) is 14.7 Å². The lowest BCUT2D eigenvalue weighted by Crippen LogP contribution is -2.44. The van der Waals surface area contributed by atoms with Gasteiger partial charge in [-0.1, -0.05) is 32.0 Å². The molecule has 2 aromatic rings. The molecule has 8 heteroatoms. The van der Waals surface area contributed by atoms with E-state index in [-0.39, 0.29) is 40.6 Å². The monoisotopic (exact) mass is 377 g/mol. The second kappa shape index (κ2) is 6.83. The highest BCUT2D eigenvalue weighted by Crippen LogP contribution is 2.23. The van der Waals surface area contributed by atoms with E-state index in [2.05, 4.69) is 5.10 Å². The molecule has 0 bridgehead atoms. The number of fused-ring (bicyclic) bond motifs is 1. The van der Waals surface area contributed by atoms with E-state index in [9.17, 15) is 18.0 Å². The van der Waals surface area contributed by atoms with Crippen LogP contribution in [0.1, 0.15) is 30.8 Å². The molecular weight excluding hydrogens is 354 g/mol. The summed E-state index contributed by atoms with van der Waals surface area (Å²) in [4.78, 5) is 27.2. The van der Waals surface area contributed by atoms with Crippen molar-refractivity contribution in [2.75, 3.05) is 18.1 Å². The molecule has 140 valence electrons. The molecule has 26 heavy (non-hydrogen) atoms. The van der Waals surface area contributed by atoms with Crippen molar-refractivity contribution < 1.29 is 13.2 Å². The highest BCUT2D eigenvalue weighted by molar-refractivity contribution is 7.91. The number of amides is 1. The lowest BCUT2D eigenvalue weighted by Gasteiger charge is -2.30. The number of hydrogen-bond acceptors (Lipinski definition) is 5. The molecule has 0 N–H and O–H groups in total. The van der Waals surface area contributed by atoms with Gasteiger partial charge in [0.1, 0.15) is 0 Å². The van der Waals surface area contributed by atoms with Crippen LogP contribution in [0, 0.1) is 5.92 Å². The molecule has 0 spiro atoms. The van der Waals surface area contributed by atoms with Gasteiger partial charge in [-0.3, -0.25) is 9.59 Å². The third-order valence-electron chi connectivity index (χ3n) is 4.63. The maximum absolute atomic E-state index is 13.3. The second-order valence-corrected chi connectivity index (χ2v) is 9.46. The second-order valence-electron chi connectivity index (χ2n) is 7.23. The molecule has 2 heterocycles. The fourth-order valence-electron chi connectivity index (χ4n) is 3.41. The predicted molar refractivity (Wildman–Crippen MR) is 99.9 cm³/mol. The van der Waals surface area contributed by atoms with E-state index in [1.807, 2.05) is 13.8 Å². The van der Waals surface area contributed by atoms with Gasteiger partial charge in [0.15, 0.2) is 15.5 Å². The number of benzene rings is 1. The molecule has 1 aliphatic rings. The minimum Gasteiger partial charge on any atom is -0.333 e. The van der Waals surface area contributed by atoms with Crippen molar-refractivity contribution in [3.05, 3.63) is 40.3 Å². The lowest BCUT2D eigenvalue weighted by atomic mass is 10.1. The summed E-state index contributed by atoms with van der Waals surface area (Å²) in [5, 5.41) is 5.12. The molecule has 0 radical (unpaired) electrons. The van der Waals surface area contributed by atoms with Gasteiger partial charge >= 0.3 is 0 Å². The first-order valence-corrected chi connectivity index (χ1v) is 10.5. The number of carbonyl (C=O) groups excluding carboxylic acids is 1. The van der Waals surface area contributed by atoms with Gasteiger partial charge < -0.3 is 4.90 Å². The van der Waals surface area contributed by atoms with E-state index < -0.39 is 9.84 Å². The Balaban J connectivity index is 2.09. The van der Waals surface area contributed by atoms with Gasteiger partial charge in [-0.15, -0.1) is 0 Å². The van der Waals surface area contributed by atoms with Crippen LogP contribution in [0.2, 0.25) is 0 Å². The summed E-state index contributed by atoms with van der Waals surface area (Å²) in [7, 11) is -1.61. The summed E-state index contributed by atoms with van der Waals surface area (Å²) in [5.74, 6) is -0.0653. The number of hydrogen-bond donors (Lipinski definition) is 0. The Bertz CT molecular complexity index is 1010. The normalized spacial score (nSPS) is 19.2. The van der Waals surface area contributed by atoms with Gasteiger partial charge in [-0.25, -0.2) is 13.1 Å². The summed E-state index contributed by atoms with van der Waals surface area (Å²) in [6.45, 7) is 4.41. The molecule has 0 aliphatic carbocycles. The van der Waals surface area contributed by atoms with Gasteiger partial charge in [0.05, 0.1) is 16.9 Å². The van der Waals surface area contributed by atoms with Crippen molar-refractivity contribution in [2.45, 2.75) is 26.3 Å². The van der Waals surface area contributed by atoms with Crippen LogP contribution in [0.25, 0.3) is 10.8 Å². The minimum absolute atomic E-state index is 0.0187. The smallest absolute Gasteiger partial charge is 0.275 e. The molecule has 1 fully saturated rings. The first-order valence-electron chi connectivity index (χ1n) is 8.67. The van der Waals surface area contributed by atoms with Crippen molar-refractivity contribution in [3.8, 4) is 0 Å². The van der Waals surface area contributed by atoms with Gasteiger partial charge in [-0.2, -0.15) is 5.10 Å². The summed E-state index contributed by atoms with van der Waals surface area (Å²) in [6, 6.07) is 6.52. The van der Waals surface area contributed by atoms with E-state index in [0.717, 1.165) is 4.68 Å². The van der Waals surface area contributed by atoms with Crippen LogP contribution in [0.15, 0.2) is 29.1 Å². The Morgan fingerprint density at radius 2 is 1.96 bits per heavy atom. The van der Waals surface area contributed by atoms with Gasteiger partial charge in [0.25, 0.3) is 11.5 Å². The fourth-order valence-corrected chi connectivity index (χ4v) is 5.14. The van der Waals surface area contributed by atoms with E-state index >= 15 is 0 Å². The molecule has 1 aromatic carbocycles. The minimum atomic E-state index is -3.12. The maximum Gasteiger partial charge on any atom is 0.275 e. The molecule has 1 unspecified atom stereocenters. The lowest BCUT2D eigenvalue weighted by molar-refractivity contribution is 0.0666. The quantitative estimate of drug-likeness (QED) is 0.799. The van der Waals surface area contributed by atoms with E-state index in [1.165, 1.54) is 7.05 Å². The van der Waals surface area contributed by atoms with Crippen LogP contribution < -0.4 is 5.56 Å². The van der Waals surface area contributed by atoms with Gasteiger partial charge in [0.2, 0.25) is 0 Å². The van der Waals surface area contributed by atoms with Crippen molar-refractivity contribution in [3.63, 3.8) is 0 Å². The Morgan fingerprint density at radius 1 is 1.31 bits per heavy atom. The first kappa shape index (κ1) is 18.6. The topological polar surface area (TPSA) is 89.3 Å². The summed E-state index contributed by atoms with van der Waals surface area (Å²) < 4.78 is 25.0. The third kappa shape index (κ3) is 3.51. The zero-order valence-electron chi connectivity index (χ0n) is 15.2. The van der Waals surface area contributed by atoms with Crippen LogP contribution in [-0.4, -0.2) is 53.1 Å². The molecule has 1 aromatic heterocycles. The standard InChI is InChI=1S/C18H23N3O4S/c1-12(2)10-21(13-8-9-26(24,25)11-13)18(23)16-14-6-4-5-7-15(14)17(22)20(3)19-16/h4-7,12-13H,8-11H2,1-3H3. The van der Waals surface area contributed by atoms with Crippen LogP contribution >= 0.6 is 0 Å². The van der Waals surface area contributed by atoms with E-state index in [0.29, 0.717) is 23.7 Å². The molecule has 1 amide bonds. The summed E-state index contributed by atoms with van der Waals surface area (Å²) in [5.41, 5.74) is -0.0800. The van der Waals surface area contributed by atoms with E-state index in [4.69, 9.17) is 0 Å². The number of aryl methyl sites for hydroxylation is 1. The Labute approximate surface area is 152 Å². The third-order valence-corrected chi connectivity index (χ3v) is 6.38. The number of carbonyl (C=O) groups is 1. The number of nitrogens with zero attached hydrogens (tertiary/aromatic N) is 3. The molecule has 1 aliphatic heterocycles. The predicted octanol–water partition coefficient (Wildman–Crippen LogP) is 1.22. The Kier molecular flexibility index (Phi) is 4.88. The van der Waals surface area contributed by atoms with Crippen LogP contribution in [0.5, 0.6) is 0 Å². The Morgan fingerprint density at radius 3 is 2.54 bits per heavy atom. The zero-order chi connectivity index (χ0) is 19.1. The largest absolute Gasteiger partial charge is 0.333 e. The number of sulfone groups is 1. The Hall–Kier alpha value is -2.22. The van der Waals surface area contributed by atoms with Crippen molar-refractivity contribution >= 4 is 26.5 Å². The number of rotatable bonds is 4. The molecule has 3 rings (SSSR count). The average molecular weight is 377 g/mol. The van der Waals surface area contributed by atoms with Gasteiger partial charge in [0, 0.05) is 25.0 Å². The maximum atomic E-state index is 13.3. The summed E-state index contributed by atoms with van der Waals surface area (Å²) >= 11 is 0. The molecule has 1 saturated heterocycles. The van der Waals surface area contributed by atoms with Crippen LogP contribution in [-0.2, 0) is 16.9 Å². The molecular formula is C18H23N3O4S. The molecule has 0 saturated carbocycles. The fraction of sp³-hybridized carbons (Fsp3) is 0.500. The van der Waals surface area contributed by atoms with Crippen LogP contribution in [0.4, 0.5) is 0 Å². The first-order chi connectivity index (χ1) is 12.2. The van der Waals surface area contributed by atoms with Crippen LogP contribution in [0.3, 0.4) is 0 Å². The average Bonchev–Trinajstić information content (AvgIpc) is 2.95. The molecule has 7 nitrogen and oxygen atoms in total. The van der Waals surface area contributed by atoms with Crippen molar-refractivity contribution in [1.29, 1.82) is 0 Å². The van der Waals surface area contributed by atoms with Crippen molar-refractivity contribution in [2.24, 2.45) is 13.0 Å². The SMILES string of the molecule is CC(C)CN(C(=O)c1nn(C)c(=O)c2ccccc12)C1CCS(=O)(=O)C1. The summed E-state index contributed by atoms with van der Waals surface area (Å²) in [6.07, 6.45) is 0.435. The molecule has 1 atom stereocenters.